The first-order chi connectivity index (χ1) is 8.15. The Hall–Kier alpha value is 0.0500. The second-order valence-electron chi connectivity index (χ2n) is 3.09. The molecule has 1 aromatic heterocycles. The van der Waals surface area contributed by atoms with Crippen molar-refractivity contribution >= 4 is 49.1 Å². The Bertz CT molecular complexity index is 351. The Balaban J connectivity index is 2.21. The maximum Gasteiger partial charge on any atom is 0.261 e. The molecule has 7 heteroatoms. The van der Waals surface area contributed by atoms with Crippen molar-refractivity contribution in [3.63, 3.8) is 0 Å². The second kappa shape index (κ2) is 8.20. The number of rotatable bonds is 7. The molecule has 1 rings (SSSR count). The van der Waals surface area contributed by atoms with Gasteiger partial charge in [-0.05, 0) is 37.9 Å². The second-order valence-corrected chi connectivity index (χ2v) is 6.32. The zero-order valence-electron chi connectivity index (χ0n) is 9.29. The minimum atomic E-state index is -0.0864. The molecule has 1 amide bonds. The van der Waals surface area contributed by atoms with Crippen LogP contribution in [0.15, 0.2) is 14.3 Å². The third kappa shape index (κ3) is 5.48. The van der Waals surface area contributed by atoms with E-state index in [0.29, 0.717) is 31.2 Å². The van der Waals surface area contributed by atoms with Crippen molar-refractivity contribution in [2.24, 2.45) is 0 Å². The predicted octanol–water partition coefficient (Wildman–Crippen LogP) is 2.67. The number of hydrogen-bond acceptors (Lipinski definition) is 4. The highest BCUT2D eigenvalue weighted by molar-refractivity contribution is 9.13. The minimum absolute atomic E-state index is 0.0864. The van der Waals surface area contributed by atoms with Crippen LogP contribution in [0.3, 0.4) is 0 Å². The Labute approximate surface area is 121 Å². The molecule has 0 atom stereocenters. The van der Waals surface area contributed by atoms with Crippen LogP contribution in [0, 0.1) is 0 Å². The van der Waals surface area contributed by atoms with E-state index in [1.54, 1.807) is 13.2 Å². The molecule has 0 aliphatic heterocycles. The standard InChI is InChI=1S/C10H13Br2NO3S/c1-15-4-5-16-3-2-13-10(14)8-6-7(11)9(12)17-8/h6H,2-5H2,1H3,(H,13,14). The van der Waals surface area contributed by atoms with Gasteiger partial charge < -0.3 is 14.8 Å². The van der Waals surface area contributed by atoms with Gasteiger partial charge in [-0.1, -0.05) is 0 Å². The lowest BCUT2D eigenvalue weighted by atomic mass is 10.4. The SMILES string of the molecule is COCCOCCNC(=O)c1cc(Br)c(Br)s1. The van der Waals surface area contributed by atoms with E-state index in [1.165, 1.54) is 11.3 Å². The molecule has 0 aliphatic rings. The zero-order chi connectivity index (χ0) is 12.7. The Kier molecular flexibility index (Phi) is 7.29. The molecular formula is C10H13Br2NO3S. The predicted molar refractivity (Wildman–Crippen MR) is 74.7 cm³/mol. The van der Waals surface area contributed by atoms with Crippen LogP contribution in [-0.4, -0.2) is 39.4 Å². The highest BCUT2D eigenvalue weighted by Gasteiger charge is 2.11. The summed E-state index contributed by atoms with van der Waals surface area (Å²) in [6.45, 7) is 2.10. The van der Waals surface area contributed by atoms with Crippen LogP contribution < -0.4 is 5.32 Å². The molecule has 0 unspecified atom stereocenters. The molecule has 0 saturated carbocycles. The summed E-state index contributed by atoms with van der Waals surface area (Å²) in [4.78, 5) is 12.3. The third-order valence-corrected chi connectivity index (χ3v) is 5.09. The summed E-state index contributed by atoms with van der Waals surface area (Å²) in [7, 11) is 1.62. The Morgan fingerprint density at radius 3 is 2.76 bits per heavy atom. The van der Waals surface area contributed by atoms with Crippen LogP contribution in [-0.2, 0) is 9.47 Å². The van der Waals surface area contributed by atoms with E-state index in [2.05, 4.69) is 37.2 Å². The smallest absolute Gasteiger partial charge is 0.261 e. The van der Waals surface area contributed by atoms with E-state index in [1.807, 2.05) is 0 Å². The average molecular weight is 387 g/mol. The van der Waals surface area contributed by atoms with Crippen LogP contribution in [0.25, 0.3) is 0 Å². The van der Waals surface area contributed by atoms with E-state index in [-0.39, 0.29) is 5.91 Å². The van der Waals surface area contributed by atoms with Crippen molar-refractivity contribution in [3.05, 3.63) is 19.2 Å². The molecule has 0 bridgehead atoms. The topological polar surface area (TPSA) is 47.6 Å². The lowest BCUT2D eigenvalue weighted by Crippen LogP contribution is -2.26. The summed E-state index contributed by atoms with van der Waals surface area (Å²) in [6, 6.07) is 1.79. The summed E-state index contributed by atoms with van der Waals surface area (Å²) in [5, 5.41) is 2.78. The highest BCUT2D eigenvalue weighted by atomic mass is 79.9. The molecule has 0 radical (unpaired) electrons. The maximum atomic E-state index is 11.7. The van der Waals surface area contributed by atoms with Gasteiger partial charge >= 0.3 is 0 Å². The number of carbonyl (C=O) groups is 1. The van der Waals surface area contributed by atoms with Crippen molar-refractivity contribution in [3.8, 4) is 0 Å². The van der Waals surface area contributed by atoms with Crippen LogP contribution in [0.2, 0.25) is 0 Å². The fraction of sp³-hybridized carbons (Fsp3) is 0.500. The van der Waals surface area contributed by atoms with E-state index >= 15 is 0 Å². The van der Waals surface area contributed by atoms with Crippen molar-refractivity contribution in [1.29, 1.82) is 0 Å². The van der Waals surface area contributed by atoms with Crippen LogP contribution in [0.4, 0.5) is 0 Å². The molecule has 1 heterocycles. The number of amides is 1. The summed E-state index contributed by atoms with van der Waals surface area (Å²) in [5.74, 6) is -0.0864. The molecule has 1 N–H and O–H groups in total. The Morgan fingerprint density at radius 2 is 2.18 bits per heavy atom. The van der Waals surface area contributed by atoms with Gasteiger partial charge in [0.15, 0.2) is 0 Å². The van der Waals surface area contributed by atoms with E-state index in [0.717, 1.165) is 8.26 Å². The first-order valence-corrected chi connectivity index (χ1v) is 7.35. The summed E-state index contributed by atoms with van der Waals surface area (Å²) >= 11 is 8.08. The van der Waals surface area contributed by atoms with Crippen molar-refractivity contribution < 1.29 is 14.3 Å². The minimum Gasteiger partial charge on any atom is -0.382 e. The van der Waals surface area contributed by atoms with Crippen LogP contribution >= 0.6 is 43.2 Å². The molecule has 0 fully saturated rings. The summed E-state index contributed by atoms with van der Waals surface area (Å²) in [6.07, 6.45) is 0. The first-order valence-electron chi connectivity index (χ1n) is 4.95. The third-order valence-electron chi connectivity index (χ3n) is 1.83. The largest absolute Gasteiger partial charge is 0.382 e. The van der Waals surface area contributed by atoms with Crippen molar-refractivity contribution in [2.75, 3.05) is 33.5 Å². The molecule has 17 heavy (non-hydrogen) atoms. The number of nitrogens with one attached hydrogen (secondary N) is 1. The number of thiophene rings is 1. The molecule has 0 aliphatic carbocycles. The van der Waals surface area contributed by atoms with Gasteiger partial charge in [-0.25, -0.2) is 0 Å². The van der Waals surface area contributed by atoms with Gasteiger partial charge in [-0.15, -0.1) is 11.3 Å². The van der Waals surface area contributed by atoms with E-state index in [4.69, 9.17) is 9.47 Å². The van der Waals surface area contributed by atoms with Crippen molar-refractivity contribution in [1.82, 2.24) is 5.32 Å². The quantitative estimate of drug-likeness (QED) is 0.733. The lowest BCUT2D eigenvalue weighted by molar-refractivity contribution is 0.0693. The fourth-order valence-corrected chi connectivity index (χ4v) is 2.98. The van der Waals surface area contributed by atoms with Gasteiger partial charge in [0.1, 0.15) is 0 Å². The average Bonchev–Trinajstić information content (AvgIpc) is 2.64. The molecular weight excluding hydrogens is 374 g/mol. The molecule has 0 aromatic carbocycles. The van der Waals surface area contributed by atoms with Gasteiger partial charge in [-0.3, -0.25) is 4.79 Å². The fourth-order valence-electron chi connectivity index (χ4n) is 1.03. The first kappa shape index (κ1) is 15.1. The molecule has 0 spiro atoms. The number of hydrogen-bond donors (Lipinski definition) is 1. The van der Waals surface area contributed by atoms with Gasteiger partial charge in [0, 0.05) is 18.1 Å². The summed E-state index contributed by atoms with van der Waals surface area (Å²) in [5.41, 5.74) is 0. The van der Waals surface area contributed by atoms with E-state index in [9.17, 15) is 4.79 Å². The zero-order valence-corrected chi connectivity index (χ0v) is 13.3. The maximum absolute atomic E-state index is 11.7. The van der Waals surface area contributed by atoms with Crippen LogP contribution in [0.5, 0.6) is 0 Å². The van der Waals surface area contributed by atoms with Crippen LogP contribution in [0.1, 0.15) is 9.67 Å². The van der Waals surface area contributed by atoms with Gasteiger partial charge in [0.05, 0.1) is 28.5 Å². The normalized spacial score (nSPS) is 10.5. The summed E-state index contributed by atoms with van der Waals surface area (Å²) < 4.78 is 11.9. The number of ether oxygens (including phenoxy) is 2. The highest BCUT2D eigenvalue weighted by Crippen LogP contribution is 2.32. The van der Waals surface area contributed by atoms with Gasteiger partial charge in [0.25, 0.3) is 5.91 Å². The Morgan fingerprint density at radius 1 is 1.41 bits per heavy atom. The van der Waals surface area contributed by atoms with Crippen molar-refractivity contribution in [2.45, 2.75) is 0 Å². The van der Waals surface area contributed by atoms with E-state index < -0.39 is 0 Å². The molecule has 4 nitrogen and oxygen atoms in total. The van der Waals surface area contributed by atoms with Gasteiger partial charge in [0.2, 0.25) is 0 Å². The van der Waals surface area contributed by atoms with Gasteiger partial charge in [-0.2, -0.15) is 0 Å². The number of halogens is 2. The number of methoxy groups -OCH3 is 1. The molecule has 96 valence electrons. The number of carbonyl (C=O) groups excluding carboxylic acids is 1. The molecule has 0 saturated heterocycles. The lowest BCUT2D eigenvalue weighted by Gasteiger charge is -2.04. The monoisotopic (exact) mass is 385 g/mol. The molecule has 1 aromatic rings.